The van der Waals surface area contributed by atoms with Gasteiger partial charge in [-0.2, -0.15) is 0 Å². The maximum atomic E-state index is 13.8. The van der Waals surface area contributed by atoms with Crippen molar-refractivity contribution in [2.24, 2.45) is 0 Å². The molecule has 0 spiro atoms. The summed E-state index contributed by atoms with van der Waals surface area (Å²) in [5.74, 6) is 1.68. The lowest BCUT2D eigenvalue weighted by Gasteiger charge is -2.36. The van der Waals surface area contributed by atoms with E-state index in [4.69, 9.17) is 23.7 Å². The molecule has 0 aliphatic carbocycles. The molecule has 2 aromatic carbocycles. The minimum Gasteiger partial charge on any atom is -0.493 e. The molecule has 1 unspecified atom stereocenters. The number of amides is 2. The SMILES string of the molecule is CCC(CC)NC(=O)N1CCCC[C@H]1C(=O)OC(CCc1ccc(OC)c(OC)c1)c1cccc(OCCN2CCOCC2)c1. The molecule has 0 saturated carbocycles. The number of morpholine rings is 1. The second-order valence-corrected chi connectivity index (χ2v) is 11.7. The highest BCUT2D eigenvalue weighted by atomic mass is 16.5. The van der Waals surface area contributed by atoms with Crippen molar-refractivity contribution < 1.29 is 33.3 Å². The number of hydrogen-bond donors (Lipinski definition) is 1. The Morgan fingerprint density at radius 2 is 1.76 bits per heavy atom. The van der Waals surface area contributed by atoms with Crippen LogP contribution >= 0.6 is 0 Å². The molecule has 248 valence electrons. The van der Waals surface area contributed by atoms with Crippen molar-refractivity contribution in [2.45, 2.75) is 77.0 Å². The summed E-state index contributed by atoms with van der Waals surface area (Å²) in [6.07, 6.45) is 4.67. The Labute approximate surface area is 268 Å². The van der Waals surface area contributed by atoms with Gasteiger partial charge in [0.15, 0.2) is 11.5 Å². The number of carbonyl (C=O) groups is 2. The van der Waals surface area contributed by atoms with Gasteiger partial charge in [0.25, 0.3) is 0 Å². The molecule has 2 saturated heterocycles. The number of methoxy groups -OCH3 is 2. The standard InChI is InChI=1S/C35H51N3O7/c1-5-28(6-2)36-35(40)38-17-8-7-12-30(38)34(39)45-31(15-13-26-14-16-32(41-3)33(24-26)42-4)27-10-9-11-29(25-27)44-23-20-37-18-21-43-22-19-37/h9-11,14,16,24-25,28,30-31H,5-8,12-13,15,17-23H2,1-4H3,(H,36,40)/t30-,31?/m0/s1. The number of aryl methyl sites for hydroxylation is 1. The van der Waals surface area contributed by atoms with E-state index >= 15 is 0 Å². The number of carbonyl (C=O) groups excluding carboxylic acids is 2. The molecule has 2 aliphatic rings. The number of hydrogen-bond acceptors (Lipinski definition) is 8. The maximum absolute atomic E-state index is 13.8. The van der Waals surface area contributed by atoms with Gasteiger partial charge in [-0.25, -0.2) is 9.59 Å². The van der Waals surface area contributed by atoms with Gasteiger partial charge in [-0.05, 0) is 80.3 Å². The van der Waals surface area contributed by atoms with Crippen LogP contribution < -0.4 is 19.5 Å². The number of esters is 1. The Morgan fingerprint density at radius 3 is 2.49 bits per heavy atom. The van der Waals surface area contributed by atoms with Gasteiger partial charge in [0.2, 0.25) is 0 Å². The second kappa shape index (κ2) is 17.8. The third kappa shape index (κ3) is 9.99. The van der Waals surface area contributed by atoms with Gasteiger partial charge in [0.1, 0.15) is 24.5 Å². The Bertz CT molecular complexity index is 1220. The van der Waals surface area contributed by atoms with Gasteiger partial charge >= 0.3 is 12.0 Å². The molecule has 1 N–H and O–H groups in total. The summed E-state index contributed by atoms with van der Waals surface area (Å²) in [7, 11) is 3.23. The molecule has 2 amide bonds. The molecule has 2 aromatic rings. The summed E-state index contributed by atoms with van der Waals surface area (Å²) in [6.45, 7) is 9.34. The molecule has 0 bridgehead atoms. The van der Waals surface area contributed by atoms with Gasteiger partial charge in [-0.15, -0.1) is 0 Å². The number of piperidine rings is 1. The van der Waals surface area contributed by atoms with Gasteiger partial charge in [0.05, 0.1) is 27.4 Å². The molecule has 2 atom stereocenters. The normalized spacial score (nSPS) is 17.9. The number of nitrogens with zero attached hydrogens (tertiary/aromatic N) is 2. The van der Waals surface area contributed by atoms with Crippen molar-refractivity contribution in [1.29, 1.82) is 0 Å². The first-order valence-electron chi connectivity index (χ1n) is 16.5. The molecule has 10 nitrogen and oxygen atoms in total. The van der Waals surface area contributed by atoms with Crippen LogP contribution in [0.3, 0.4) is 0 Å². The quantitative estimate of drug-likeness (QED) is 0.264. The monoisotopic (exact) mass is 625 g/mol. The van der Waals surface area contributed by atoms with Crippen LogP contribution in [0.1, 0.15) is 69.6 Å². The van der Waals surface area contributed by atoms with E-state index in [-0.39, 0.29) is 18.0 Å². The van der Waals surface area contributed by atoms with E-state index < -0.39 is 12.1 Å². The minimum absolute atomic E-state index is 0.0799. The number of benzene rings is 2. The molecule has 0 aromatic heterocycles. The fourth-order valence-corrected chi connectivity index (χ4v) is 5.94. The highest BCUT2D eigenvalue weighted by Gasteiger charge is 2.35. The van der Waals surface area contributed by atoms with Crippen LogP contribution in [-0.2, 0) is 20.7 Å². The number of nitrogens with one attached hydrogen (secondary N) is 1. The third-order valence-electron chi connectivity index (χ3n) is 8.76. The van der Waals surface area contributed by atoms with Crippen LogP contribution in [0.5, 0.6) is 17.2 Å². The first kappa shape index (κ1) is 34.4. The molecule has 45 heavy (non-hydrogen) atoms. The molecule has 2 aliphatic heterocycles. The van der Waals surface area contributed by atoms with Gasteiger partial charge < -0.3 is 33.9 Å². The summed E-state index contributed by atoms with van der Waals surface area (Å²) in [5, 5.41) is 3.10. The first-order chi connectivity index (χ1) is 21.9. The van der Waals surface area contributed by atoms with E-state index in [0.717, 1.165) is 75.4 Å². The van der Waals surface area contributed by atoms with E-state index in [9.17, 15) is 9.59 Å². The number of likely N-dealkylation sites (tertiary alicyclic amines) is 1. The van der Waals surface area contributed by atoms with Crippen LogP contribution in [0.25, 0.3) is 0 Å². The summed E-state index contributed by atoms with van der Waals surface area (Å²) in [4.78, 5) is 31.1. The Hall–Kier alpha value is -3.50. The third-order valence-corrected chi connectivity index (χ3v) is 8.76. The predicted octanol–water partition coefficient (Wildman–Crippen LogP) is 5.38. The molecule has 0 radical (unpaired) electrons. The van der Waals surface area contributed by atoms with Gasteiger partial charge in [0, 0.05) is 32.2 Å². The van der Waals surface area contributed by atoms with Crippen LogP contribution in [0, 0.1) is 0 Å². The summed E-state index contributed by atoms with van der Waals surface area (Å²) in [5.41, 5.74) is 1.90. The van der Waals surface area contributed by atoms with E-state index in [0.29, 0.717) is 43.9 Å². The van der Waals surface area contributed by atoms with Crippen molar-refractivity contribution in [3.8, 4) is 17.2 Å². The van der Waals surface area contributed by atoms with Gasteiger partial charge in [-0.1, -0.05) is 32.0 Å². The average Bonchev–Trinajstić information content (AvgIpc) is 3.09. The average molecular weight is 626 g/mol. The Kier molecular flexibility index (Phi) is 13.6. The van der Waals surface area contributed by atoms with Crippen molar-refractivity contribution in [2.75, 3.05) is 60.2 Å². The van der Waals surface area contributed by atoms with E-state index in [1.54, 1.807) is 19.1 Å². The Balaban J connectivity index is 1.50. The van der Waals surface area contributed by atoms with Crippen LogP contribution in [0.2, 0.25) is 0 Å². The lowest BCUT2D eigenvalue weighted by molar-refractivity contribution is -0.156. The summed E-state index contributed by atoms with van der Waals surface area (Å²) in [6, 6.07) is 12.9. The number of urea groups is 1. The minimum atomic E-state index is -0.621. The number of ether oxygens (including phenoxy) is 5. The van der Waals surface area contributed by atoms with Crippen molar-refractivity contribution in [3.05, 3.63) is 53.6 Å². The zero-order chi connectivity index (χ0) is 32.0. The zero-order valence-corrected chi connectivity index (χ0v) is 27.4. The summed E-state index contributed by atoms with van der Waals surface area (Å²) >= 11 is 0. The second-order valence-electron chi connectivity index (χ2n) is 11.7. The van der Waals surface area contributed by atoms with E-state index in [2.05, 4.69) is 24.1 Å². The highest BCUT2D eigenvalue weighted by molar-refractivity contribution is 5.84. The van der Waals surface area contributed by atoms with Crippen molar-refractivity contribution >= 4 is 12.0 Å². The topological polar surface area (TPSA) is 98.8 Å². The lowest BCUT2D eigenvalue weighted by Crippen LogP contribution is -2.54. The van der Waals surface area contributed by atoms with Crippen LogP contribution in [0.15, 0.2) is 42.5 Å². The van der Waals surface area contributed by atoms with Crippen molar-refractivity contribution in [1.82, 2.24) is 15.1 Å². The predicted molar refractivity (Wildman–Crippen MR) is 173 cm³/mol. The van der Waals surface area contributed by atoms with Crippen LogP contribution in [-0.4, -0.2) is 94.1 Å². The van der Waals surface area contributed by atoms with Crippen LogP contribution in [0.4, 0.5) is 4.79 Å². The lowest BCUT2D eigenvalue weighted by atomic mass is 9.99. The zero-order valence-electron chi connectivity index (χ0n) is 27.4. The maximum Gasteiger partial charge on any atom is 0.329 e. The summed E-state index contributed by atoms with van der Waals surface area (Å²) < 4.78 is 28.8. The van der Waals surface area contributed by atoms with Crippen molar-refractivity contribution in [3.63, 3.8) is 0 Å². The smallest absolute Gasteiger partial charge is 0.329 e. The first-order valence-corrected chi connectivity index (χ1v) is 16.5. The molecule has 10 heteroatoms. The number of rotatable bonds is 15. The van der Waals surface area contributed by atoms with E-state index in [1.165, 1.54) is 0 Å². The largest absolute Gasteiger partial charge is 0.493 e. The molecule has 2 heterocycles. The molecular formula is C35H51N3O7. The van der Waals surface area contributed by atoms with Gasteiger partial charge in [-0.3, -0.25) is 4.90 Å². The molecule has 2 fully saturated rings. The fourth-order valence-electron chi connectivity index (χ4n) is 5.94. The highest BCUT2D eigenvalue weighted by Crippen LogP contribution is 2.32. The molecule has 4 rings (SSSR count). The fraction of sp³-hybridized carbons (Fsp3) is 0.600. The molecular weight excluding hydrogens is 574 g/mol. The van der Waals surface area contributed by atoms with E-state index in [1.807, 2.05) is 42.5 Å². The Morgan fingerprint density at radius 1 is 0.978 bits per heavy atom.